The minimum absolute atomic E-state index is 0.199. The molecule has 0 unspecified atom stereocenters. The molecule has 0 bridgehead atoms. The molecule has 0 saturated heterocycles. The third-order valence-electron chi connectivity index (χ3n) is 7.01. The van der Waals surface area contributed by atoms with E-state index in [1.165, 1.54) is 11.1 Å². The molecule has 2 aromatic heterocycles. The summed E-state index contributed by atoms with van der Waals surface area (Å²) in [5, 5.41) is 4.59. The summed E-state index contributed by atoms with van der Waals surface area (Å²) >= 11 is 18.5. The fraction of sp³-hybridized carbons (Fsp3) is 0.167. The first-order chi connectivity index (χ1) is 17.9. The molecule has 0 saturated carbocycles. The molecule has 1 aliphatic rings. The fourth-order valence-electron chi connectivity index (χ4n) is 5.26. The number of aryl methyl sites for hydroxylation is 3. The Kier molecular flexibility index (Phi) is 6.28. The molecule has 5 aromatic rings. The van der Waals surface area contributed by atoms with Crippen LogP contribution < -0.4 is 5.32 Å². The number of nitrogens with zero attached hydrogens (tertiary/aromatic N) is 2. The molecule has 1 amide bonds. The van der Waals surface area contributed by atoms with Gasteiger partial charge in [-0.2, -0.15) is 0 Å². The first kappa shape index (κ1) is 24.2. The normalized spacial score (nSPS) is 13.1. The lowest BCUT2D eigenvalue weighted by Crippen LogP contribution is -2.15. The van der Waals surface area contributed by atoms with Crippen LogP contribution in [0.1, 0.15) is 34.5 Å². The number of anilines is 1. The minimum Gasteiger partial charge on any atom is -0.325 e. The van der Waals surface area contributed by atoms with Gasteiger partial charge in [0.1, 0.15) is 11.3 Å². The number of aromatic nitrogens is 2. The number of hydrogen-bond acceptors (Lipinski definition) is 1. The summed E-state index contributed by atoms with van der Waals surface area (Å²) in [5.74, 6) is -0.199. The van der Waals surface area contributed by atoms with Crippen LogP contribution in [-0.4, -0.2) is 14.9 Å². The summed E-state index contributed by atoms with van der Waals surface area (Å²) in [7, 11) is 0. The quantitative estimate of drug-likeness (QED) is 0.239. The van der Waals surface area contributed by atoms with Gasteiger partial charge in [-0.15, -0.1) is 0 Å². The Bertz CT molecular complexity index is 1650. The summed E-state index contributed by atoms with van der Waals surface area (Å²) in [6.07, 6.45) is 5.09. The van der Waals surface area contributed by atoms with E-state index in [9.17, 15) is 4.79 Å². The van der Waals surface area contributed by atoms with E-state index in [1.807, 2.05) is 24.3 Å². The molecule has 186 valence electrons. The molecule has 0 atom stereocenters. The van der Waals surface area contributed by atoms with Crippen LogP contribution in [0.3, 0.4) is 0 Å². The predicted molar refractivity (Wildman–Crippen MR) is 153 cm³/mol. The van der Waals surface area contributed by atoms with Gasteiger partial charge in [0.05, 0.1) is 15.7 Å². The SMILES string of the molecule is Cc1ccc(-c2c3c4n(c(-c5ccc(Cl)cc5)cn4c2C(=O)Nc2ccc(Cl)c(Cl)c2)CCCC3)cc1. The average Bonchev–Trinajstić information content (AvgIpc) is 3.30. The second-order valence-corrected chi connectivity index (χ2v) is 10.7. The van der Waals surface area contributed by atoms with Crippen molar-refractivity contribution < 1.29 is 4.79 Å². The Morgan fingerprint density at radius 2 is 1.59 bits per heavy atom. The average molecular weight is 549 g/mol. The van der Waals surface area contributed by atoms with E-state index in [-0.39, 0.29) is 5.91 Å². The predicted octanol–water partition coefficient (Wildman–Crippen LogP) is 8.93. The van der Waals surface area contributed by atoms with E-state index >= 15 is 0 Å². The van der Waals surface area contributed by atoms with E-state index in [0.717, 1.165) is 53.8 Å². The van der Waals surface area contributed by atoms with Crippen LogP contribution >= 0.6 is 34.8 Å². The van der Waals surface area contributed by atoms with E-state index < -0.39 is 0 Å². The summed E-state index contributed by atoms with van der Waals surface area (Å²) in [6, 6.07) is 21.4. The molecule has 3 aromatic carbocycles. The molecule has 0 aliphatic carbocycles. The number of amides is 1. The summed E-state index contributed by atoms with van der Waals surface area (Å²) in [4.78, 5) is 14.0. The Hall–Kier alpha value is -3.18. The monoisotopic (exact) mass is 547 g/mol. The van der Waals surface area contributed by atoms with E-state index in [0.29, 0.717) is 26.4 Å². The van der Waals surface area contributed by atoms with Gasteiger partial charge in [0.25, 0.3) is 5.91 Å². The third kappa shape index (κ3) is 4.33. The molecule has 4 nitrogen and oxygen atoms in total. The van der Waals surface area contributed by atoms with E-state index in [2.05, 4.69) is 51.7 Å². The van der Waals surface area contributed by atoms with Crippen LogP contribution in [0.2, 0.25) is 15.1 Å². The summed E-state index contributed by atoms with van der Waals surface area (Å²) in [6.45, 7) is 2.95. The maximum Gasteiger partial charge on any atom is 0.273 e. The molecule has 37 heavy (non-hydrogen) atoms. The molecule has 0 radical (unpaired) electrons. The van der Waals surface area contributed by atoms with Gasteiger partial charge in [0.2, 0.25) is 0 Å². The Balaban J connectivity index is 1.59. The van der Waals surface area contributed by atoms with Crippen LogP contribution in [0.15, 0.2) is 72.9 Å². The van der Waals surface area contributed by atoms with Gasteiger partial charge in [0.15, 0.2) is 0 Å². The molecule has 1 aliphatic heterocycles. The zero-order chi connectivity index (χ0) is 25.7. The van der Waals surface area contributed by atoms with Gasteiger partial charge in [-0.25, -0.2) is 0 Å². The number of hydrogen-bond donors (Lipinski definition) is 1. The maximum atomic E-state index is 14.0. The molecule has 7 heteroatoms. The van der Waals surface area contributed by atoms with Crippen LogP contribution in [-0.2, 0) is 13.0 Å². The Morgan fingerprint density at radius 1 is 0.865 bits per heavy atom. The molecule has 6 rings (SSSR count). The van der Waals surface area contributed by atoms with Crippen molar-refractivity contribution in [3.05, 3.63) is 105 Å². The molecule has 3 heterocycles. The topological polar surface area (TPSA) is 38.4 Å². The maximum absolute atomic E-state index is 14.0. The highest BCUT2D eigenvalue weighted by molar-refractivity contribution is 6.42. The Labute approximate surface area is 230 Å². The van der Waals surface area contributed by atoms with Crippen molar-refractivity contribution in [1.29, 1.82) is 0 Å². The minimum atomic E-state index is -0.199. The van der Waals surface area contributed by atoms with Crippen molar-refractivity contribution in [3.8, 4) is 22.4 Å². The first-order valence-electron chi connectivity index (χ1n) is 12.3. The Morgan fingerprint density at radius 3 is 2.32 bits per heavy atom. The molecule has 1 N–H and O–H groups in total. The molecule has 0 fully saturated rings. The fourth-order valence-corrected chi connectivity index (χ4v) is 5.68. The van der Waals surface area contributed by atoms with Gasteiger partial charge in [-0.3, -0.25) is 9.20 Å². The van der Waals surface area contributed by atoms with Crippen molar-refractivity contribution in [1.82, 2.24) is 8.97 Å². The van der Waals surface area contributed by atoms with Crippen LogP contribution in [0.5, 0.6) is 0 Å². The number of nitrogens with one attached hydrogen (secondary N) is 1. The molecular weight excluding hydrogens is 525 g/mol. The molecule has 0 spiro atoms. The lowest BCUT2D eigenvalue weighted by atomic mass is 9.97. The number of carbonyl (C=O) groups is 1. The van der Waals surface area contributed by atoms with Gasteiger partial charge in [-0.1, -0.05) is 76.8 Å². The van der Waals surface area contributed by atoms with Gasteiger partial charge in [-0.05, 0) is 67.6 Å². The highest BCUT2D eigenvalue weighted by atomic mass is 35.5. The van der Waals surface area contributed by atoms with Gasteiger partial charge < -0.3 is 9.88 Å². The zero-order valence-corrected chi connectivity index (χ0v) is 22.5. The summed E-state index contributed by atoms with van der Waals surface area (Å²) < 4.78 is 4.41. The summed E-state index contributed by atoms with van der Waals surface area (Å²) in [5.41, 5.74) is 8.78. The van der Waals surface area contributed by atoms with Crippen molar-refractivity contribution in [2.75, 3.05) is 5.32 Å². The zero-order valence-electron chi connectivity index (χ0n) is 20.2. The second-order valence-electron chi connectivity index (χ2n) is 9.47. The van der Waals surface area contributed by atoms with E-state index in [1.54, 1.807) is 18.2 Å². The van der Waals surface area contributed by atoms with Gasteiger partial charge in [0, 0.05) is 34.6 Å². The number of halogens is 3. The smallest absolute Gasteiger partial charge is 0.273 e. The highest BCUT2D eigenvalue weighted by Gasteiger charge is 2.29. The lowest BCUT2D eigenvalue weighted by Gasteiger charge is -2.11. The number of benzene rings is 3. The first-order valence-corrected chi connectivity index (χ1v) is 13.4. The standard InChI is InChI=1S/C30H24Cl3N3O/c1-18-5-7-20(8-6-18)27-23-4-2-3-15-35-26(19-9-11-21(31)12-10-19)17-36(30(23)35)28(27)29(37)34-22-13-14-24(32)25(33)16-22/h5-14,16-17H,2-4,15H2,1H3,(H,34,37). The highest BCUT2D eigenvalue weighted by Crippen LogP contribution is 2.40. The largest absolute Gasteiger partial charge is 0.325 e. The number of imidazole rings is 1. The van der Waals surface area contributed by atoms with E-state index in [4.69, 9.17) is 34.8 Å². The lowest BCUT2D eigenvalue weighted by molar-refractivity contribution is 0.102. The third-order valence-corrected chi connectivity index (χ3v) is 8.00. The van der Waals surface area contributed by atoms with Crippen molar-refractivity contribution in [3.63, 3.8) is 0 Å². The van der Waals surface area contributed by atoms with Crippen molar-refractivity contribution in [2.45, 2.75) is 32.7 Å². The number of carbonyl (C=O) groups excluding carboxylic acids is 1. The number of rotatable bonds is 4. The van der Waals surface area contributed by atoms with Crippen LogP contribution in [0.4, 0.5) is 5.69 Å². The van der Waals surface area contributed by atoms with Gasteiger partial charge >= 0.3 is 0 Å². The van der Waals surface area contributed by atoms with Crippen molar-refractivity contribution in [2.24, 2.45) is 0 Å². The van der Waals surface area contributed by atoms with Crippen molar-refractivity contribution >= 4 is 52.0 Å². The second kappa shape index (κ2) is 9.60. The van der Waals surface area contributed by atoms with Crippen LogP contribution in [0.25, 0.3) is 28.0 Å². The van der Waals surface area contributed by atoms with Crippen LogP contribution in [0, 0.1) is 6.92 Å². The molecular formula is C30H24Cl3N3O.